The summed E-state index contributed by atoms with van der Waals surface area (Å²) in [6.07, 6.45) is 1.53. The molecule has 3 rings (SSSR count). The van der Waals surface area contributed by atoms with Crippen molar-refractivity contribution in [3.63, 3.8) is 0 Å². The van der Waals surface area contributed by atoms with Crippen LogP contribution in [0.4, 0.5) is 0 Å². The summed E-state index contributed by atoms with van der Waals surface area (Å²) in [4.78, 5) is 0. The van der Waals surface area contributed by atoms with E-state index in [1.165, 1.54) is 5.56 Å². The second-order valence-electron chi connectivity index (χ2n) is 4.55. The Morgan fingerprint density at radius 2 is 2.05 bits per heavy atom. The second-order valence-corrected chi connectivity index (χ2v) is 4.55. The lowest BCUT2D eigenvalue weighted by Gasteiger charge is -1.90. The lowest BCUT2D eigenvalue weighted by molar-refractivity contribution is 0.482. The Labute approximate surface area is 110 Å². The van der Waals surface area contributed by atoms with Crippen LogP contribution in [0.1, 0.15) is 17.9 Å². The van der Waals surface area contributed by atoms with E-state index < -0.39 is 0 Å². The Morgan fingerprint density at radius 1 is 1.16 bits per heavy atom. The summed E-state index contributed by atoms with van der Waals surface area (Å²) in [6, 6.07) is 7.94. The monoisotopic (exact) mass is 257 g/mol. The number of furan rings is 1. The standard InChI is InChI=1S/C14H15N3O2/c1-9-4-5-11-10(7-9)8-12(18-11)14-17-16-13(19-14)3-2-6-15/h4-5,7-8H,2-3,6,15H2,1H3. The fraction of sp³-hybridized carbons (Fsp3) is 0.286. The van der Waals surface area contributed by atoms with Crippen LogP contribution in [0, 0.1) is 6.92 Å². The quantitative estimate of drug-likeness (QED) is 0.777. The first-order valence-electron chi connectivity index (χ1n) is 6.29. The molecule has 0 atom stereocenters. The summed E-state index contributed by atoms with van der Waals surface area (Å²) in [6.45, 7) is 2.66. The highest BCUT2D eigenvalue weighted by Crippen LogP contribution is 2.27. The van der Waals surface area contributed by atoms with E-state index in [-0.39, 0.29) is 0 Å². The maximum atomic E-state index is 5.71. The fourth-order valence-corrected chi connectivity index (χ4v) is 1.98. The first kappa shape index (κ1) is 11.9. The number of aromatic nitrogens is 2. The average Bonchev–Trinajstić information content (AvgIpc) is 3.01. The minimum Gasteiger partial charge on any atom is -0.451 e. The molecule has 0 aliphatic rings. The summed E-state index contributed by atoms with van der Waals surface area (Å²) >= 11 is 0. The molecule has 0 fully saturated rings. The molecule has 0 aliphatic heterocycles. The second kappa shape index (κ2) is 4.85. The Bertz CT molecular complexity index is 700. The van der Waals surface area contributed by atoms with Crippen LogP contribution in [0.25, 0.3) is 22.6 Å². The van der Waals surface area contributed by atoms with Crippen molar-refractivity contribution in [1.82, 2.24) is 10.2 Å². The van der Waals surface area contributed by atoms with E-state index in [2.05, 4.69) is 16.3 Å². The van der Waals surface area contributed by atoms with Gasteiger partial charge in [-0.05, 0) is 38.1 Å². The van der Waals surface area contributed by atoms with Gasteiger partial charge in [0.15, 0.2) is 5.76 Å². The Morgan fingerprint density at radius 3 is 2.89 bits per heavy atom. The maximum Gasteiger partial charge on any atom is 0.283 e. The molecule has 2 heterocycles. The summed E-state index contributed by atoms with van der Waals surface area (Å²) < 4.78 is 11.3. The van der Waals surface area contributed by atoms with Crippen molar-refractivity contribution < 1.29 is 8.83 Å². The highest BCUT2D eigenvalue weighted by molar-refractivity contribution is 5.82. The van der Waals surface area contributed by atoms with Crippen LogP contribution in [0.15, 0.2) is 33.1 Å². The third kappa shape index (κ3) is 2.37. The minimum absolute atomic E-state index is 0.417. The Kier molecular flexibility index (Phi) is 3.05. The van der Waals surface area contributed by atoms with Crippen molar-refractivity contribution in [2.75, 3.05) is 6.54 Å². The van der Waals surface area contributed by atoms with E-state index in [9.17, 15) is 0 Å². The molecule has 5 nitrogen and oxygen atoms in total. The van der Waals surface area contributed by atoms with E-state index in [0.29, 0.717) is 30.5 Å². The predicted molar refractivity (Wildman–Crippen MR) is 71.6 cm³/mol. The Hall–Kier alpha value is -2.14. The van der Waals surface area contributed by atoms with Gasteiger partial charge in [-0.1, -0.05) is 11.6 Å². The summed E-state index contributed by atoms with van der Waals surface area (Å²) in [5.41, 5.74) is 7.46. The molecule has 1 aromatic carbocycles. The lowest BCUT2D eigenvalue weighted by atomic mass is 10.2. The zero-order valence-corrected chi connectivity index (χ0v) is 10.7. The van der Waals surface area contributed by atoms with Crippen LogP contribution < -0.4 is 5.73 Å². The molecule has 0 saturated heterocycles. The number of nitrogens with two attached hydrogens (primary N) is 1. The largest absolute Gasteiger partial charge is 0.451 e. The van der Waals surface area contributed by atoms with Crippen LogP contribution in [-0.4, -0.2) is 16.7 Å². The minimum atomic E-state index is 0.417. The molecule has 0 saturated carbocycles. The zero-order chi connectivity index (χ0) is 13.2. The molecular weight excluding hydrogens is 242 g/mol. The van der Waals surface area contributed by atoms with Crippen molar-refractivity contribution in [3.05, 3.63) is 35.7 Å². The van der Waals surface area contributed by atoms with Gasteiger partial charge in [0, 0.05) is 11.8 Å². The molecule has 0 amide bonds. The third-order valence-electron chi connectivity index (χ3n) is 2.94. The molecule has 0 radical (unpaired) electrons. The van der Waals surface area contributed by atoms with Crippen LogP contribution >= 0.6 is 0 Å². The van der Waals surface area contributed by atoms with Crippen LogP contribution in [0.5, 0.6) is 0 Å². The fourth-order valence-electron chi connectivity index (χ4n) is 1.98. The highest BCUT2D eigenvalue weighted by atomic mass is 16.4. The maximum absolute atomic E-state index is 5.71. The van der Waals surface area contributed by atoms with Crippen LogP contribution in [-0.2, 0) is 6.42 Å². The number of hydrogen-bond acceptors (Lipinski definition) is 5. The summed E-state index contributed by atoms with van der Waals surface area (Å²) in [5.74, 6) is 1.62. The third-order valence-corrected chi connectivity index (χ3v) is 2.94. The van der Waals surface area contributed by atoms with E-state index in [0.717, 1.165) is 17.4 Å². The topological polar surface area (TPSA) is 78.1 Å². The van der Waals surface area contributed by atoms with Crippen LogP contribution in [0.3, 0.4) is 0 Å². The number of benzene rings is 1. The normalized spacial score (nSPS) is 11.3. The van der Waals surface area contributed by atoms with Crippen LogP contribution in [0.2, 0.25) is 0 Å². The Balaban J connectivity index is 1.92. The summed E-state index contributed by atoms with van der Waals surface area (Å²) in [7, 11) is 0. The highest BCUT2D eigenvalue weighted by Gasteiger charge is 2.13. The SMILES string of the molecule is Cc1ccc2oc(-c3nnc(CCCN)o3)cc2c1. The first-order chi connectivity index (χ1) is 9.26. The first-order valence-corrected chi connectivity index (χ1v) is 6.29. The lowest BCUT2D eigenvalue weighted by Crippen LogP contribution is -2.00. The van der Waals surface area contributed by atoms with E-state index >= 15 is 0 Å². The van der Waals surface area contributed by atoms with Gasteiger partial charge >= 0.3 is 0 Å². The molecule has 3 aromatic rings. The molecular formula is C14H15N3O2. The van der Waals surface area contributed by atoms with Gasteiger partial charge in [-0.2, -0.15) is 0 Å². The van der Waals surface area contributed by atoms with E-state index in [1.807, 2.05) is 25.1 Å². The van der Waals surface area contributed by atoms with E-state index in [4.69, 9.17) is 14.6 Å². The molecule has 0 aliphatic carbocycles. The van der Waals surface area contributed by atoms with Gasteiger partial charge in [0.05, 0.1) is 0 Å². The molecule has 2 aromatic heterocycles. The van der Waals surface area contributed by atoms with Gasteiger partial charge in [0.2, 0.25) is 5.89 Å². The smallest absolute Gasteiger partial charge is 0.283 e. The van der Waals surface area contributed by atoms with Crippen molar-refractivity contribution in [2.24, 2.45) is 5.73 Å². The van der Waals surface area contributed by atoms with Crippen molar-refractivity contribution in [1.29, 1.82) is 0 Å². The molecule has 0 bridgehead atoms. The van der Waals surface area contributed by atoms with Gasteiger partial charge in [0.1, 0.15) is 5.58 Å². The number of fused-ring (bicyclic) bond motifs is 1. The molecule has 19 heavy (non-hydrogen) atoms. The van der Waals surface area contributed by atoms with Crippen molar-refractivity contribution >= 4 is 11.0 Å². The molecule has 5 heteroatoms. The van der Waals surface area contributed by atoms with Gasteiger partial charge in [0.25, 0.3) is 5.89 Å². The number of hydrogen-bond donors (Lipinski definition) is 1. The zero-order valence-electron chi connectivity index (χ0n) is 10.7. The van der Waals surface area contributed by atoms with Gasteiger partial charge < -0.3 is 14.6 Å². The van der Waals surface area contributed by atoms with Gasteiger partial charge in [-0.3, -0.25) is 0 Å². The molecule has 0 spiro atoms. The number of rotatable bonds is 4. The molecule has 0 unspecified atom stereocenters. The number of aryl methyl sites for hydroxylation is 2. The van der Waals surface area contributed by atoms with Gasteiger partial charge in [-0.25, -0.2) is 0 Å². The van der Waals surface area contributed by atoms with Crippen molar-refractivity contribution in [2.45, 2.75) is 19.8 Å². The number of nitrogens with zero attached hydrogens (tertiary/aromatic N) is 2. The average molecular weight is 257 g/mol. The summed E-state index contributed by atoms with van der Waals surface area (Å²) in [5, 5.41) is 9.03. The molecule has 2 N–H and O–H groups in total. The predicted octanol–water partition coefficient (Wildman–Crippen LogP) is 2.68. The van der Waals surface area contributed by atoms with E-state index in [1.54, 1.807) is 0 Å². The van der Waals surface area contributed by atoms with Crippen molar-refractivity contribution in [3.8, 4) is 11.7 Å². The van der Waals surface area contributed by atoms with Gasteiger partial charge in [-0.15, -0.1) is 10.2 Å². The molecule has 98 valence electrons.